The maximum atomic E-state index is 12.0. The predicted molar refractivity (Wildman–Crippen MR) is 80.6 cm³/mol. The highest BCUT2D eigenvalue weighted by Crippen LogP contribution is 2.19. The van der Waals surface area contributed by atoms with Crippen LogP contribution in [0.5, 0.6) is 5.75 Å². The van der Waals surface area contributed by atoms with Crippen molar-refractivity contribution in [2.45, 2.75) is 26.0 Å². The molecule has 3 N–H and O–H groups in total. The summed E-state index contributed by atoms with van der Waals surface area (Å²) in [6.45, 7) is 4.00. The maximum Gasteiger partial charge on any atom is 0.269 e. The van der Waals surface area contributed by atoms with Gasteiger partial charge < -0.3 is 20.4 Å². The number of imidazole rings is 1. The Morgan fingerprint density at radius 3 is 3.14 bits per heavy atom. The van der Waals surface area contributed by atoms with Crippen molar-refractivity contribution in [3.8, 4) is 5.75 Å². The minimum atomic E-state index is -0.189. The third-order valence-electron chi connectivity index (χ3n) is 3.57. The fourth-order valence-corrected chi connectivity index (χ4v) is 2.38. The summed E-state index contributed by atoms with van der Waals surface area (Å²) in [5.41, 5.74) is 1.36. The molecule has 1 fully saturated rings. The summed E-state index contributed by atoms with van der Waals surface area (Å²) < 4.78 is 5.95. The quantitative estimate of drug-likeness (QED) is 0.759. The molecule has 2 aromatic heterocycles. The molecule has 116 valence electrons. The lowest BCUT2D eigenvalue weighted by Crippen LogP contribution is -2.25. The lowest BCUT2D eigenvalue weighted by molar-refractivity contribution is 0.0946. The van der Waals surface area contributed by atoms with Gasteiger partial charge in [0.05, 0.1) is 12.4 Å². The first kappa shape index (κ1) is 14.5. The van der Waals surface area contributed by atoms with Crippen molar-refractivity contribution in [1.29, 1.82) is 0 Å². The number of rotatable bonds is 5. The van der Waals surface area contributed by atoms with Crippen LogP contribution in [0.15, 0.2) is 24.7 Å². The van der Waals surface area contributed by atoms with Gasteiger partial charge in [-0.1, -0.05) is 0 Å². The van der Waals surface area contributed by atoms with E-state index in [-0.39, 0.29) is 12.0 Å². The van der Waals surface area contributed by atoms with Gasteiger partial charge in [-0.3, -0.25) is 9.78 Å². The molecule has 0 aliphatic carbocycles. The van der Waals surface area contributed by atoms with E-state index in [0.29, 0.717) is 18.1 Å². The molecule has 1 saturated heterocycles. The van der Waals surface area contributed by atoms with Crippen molar-refractivity contribution in [3.05, 3.63) is 41.7 Å². The number of pyridine rings is 1. The second-order valence-corrected chi connectivity index (χ2v) is 5.28. The van der Waals surface area contributed by atoms with Gasteiger partial charge >= 0.3 is 0 Å². The number of ether oxygens (including phenoxy) is 1. The molecule has 22 heavy (non-hydrogen) atoms. The van der Waals surface area contributed by atoms with Gasteiger partial charge in [-0.15, -0.1) is 0 Å². The summed E-state index contributed by atoms with van der Waals surface area (Å²) in [5, 5.41) is 6.12. The first-order valence-corrected chi connectivity index (χ1v) is 7.32. The molecule has 0 spiro atoms. The Morgan fingerprint density at radius 2 is 2.41 bits per heavy atom. The van der Waals surface area contributed by atoms with Gasteiger partial charge in [-0.2, -0.15) is 0 Å². The number of hydrogen-bond acceptors (Lipinski definition) is 5. The molecule has 0 radical (unpaired) electrons. The van der Waals surface area contributed by atoms with E-state index in [2.05, 4.69) is 25.6 Å². The van der Waals surface area contributed by atoms with Crippen LogP contribution in [-0.4, -0.2) is 40.1 Å². The molecule has 3 rings (SSSR count). The van der Waals surface area contributed by atoms with Crippen molar-refractivity contribution in [2.24, 2.45) is 0 Å². The van der Waals surface area contributed by atoms with E-state index in [1.807, 2.05) is 6.07 Å². The molecule has 0 aromatic carbocycles. The standard InChI is InChI=1S/C15H19N5O2/c1-10-18-8-13(20-10)15(21)19-6-11-2-4-17-9-14(11)22-12-3-5-16-7-12/h2,4,8-9,12,16H,3,5-7H2,1H3,(H,18,20)(H,19,21)/t12-/m0/s1. The van der Waals surface area contributed by atoms with Crippen LogP contribution in [0.3, 0.4) is 0 Å². The molecule has 1 atom stereocenters. The Labute approximate surface area is 128 Å². The number of H-pyrrole nitrogens is 1. The van der Waals surface area contributed by atoms with E-state index in [9.17, 15) is 4.79 Å². The van der Waals surface area contributed by atoms with Gasteiger partial charge in [0.15, 0.2) is 0 Å². The zero-order chi connectivity index (χ0) is 15.4. The van der Waals surface area contributed by atoms with Crippen molar-refractivity contribution >= 4 is 5.91 Å². The van der Waals surface area contributed by atoms with Crippen LogP contribution in [0, 0.1) is 6.92 Å². The van der Waals surface area contributed by atoms with Gasteiger partial charge in [0.1, 0.15) is 23.4 Å². The van der Waals surface area contributed by atoms with Crippen LogP contribution in [0.25, 0.3) is 0 Å². The monoisotopic (exact) mass is 301 g/mol. The summed E-state index contributed by atoms with van der Waals surface area (Å²) in [6, 6.07) is 1.86. The van der Waals surface area contributed by atoms with E-state index in [1.165, 1.54) is 6.20 Å². The van der Waals surface area contributed by atoms with Crippen LogP contribution in [0.2, 0.25) is 0 Å². The highest BCUT2D eigenvalue weighted by molar-refractivity contribution is 5.92. The normalized spacial score (nSPS) is 17.4. The number of carbonyl (C=O) groups excluding carboxylic acids is 1. The summed E-state index contributed by atoms with van der Waals surface area (Å²) in [6.07, 6.45) is 6.06. The molecular formula is C15H19N5O2. The number of carbonyl (C=O) groups is 1. The summed E-state index contributed by atoms with van der Waals surface area (Å²) >= 11 is 0. The van der Waals surface area contributed by atoms with Gasteiger partial charge in [0.2, 0.25) is 0 Å². The van der Waals surface area contributed by atoms with Gasteiger partial charge in [-0.05, 0) is 26.0 Å². The molecule has 0 saturated carbocycles. The third kappa shape index (κ3) is 3.43. The molecule has 3 heterocycles. The maximum absolute atomic E-state index is 12.0. The molecule has 1 aliphatic heterocycles. The molecule has 7 nitrogen and oxygen atoms in total. The summed E-state index contributed by atoms with van der Waals surface area (Å²) in [4.78, 5) is 23.1. The van der Waals surface area contributed by atoms with E-state index in [0.717, 1.165) is 30.8 Å². The van der Waals surface area contributed by atoms with Crippen molar-refractivity contribution < 1.29 is 9.53 Å². The number of amides is 1. The topological polar surface area (TPSA) is 91.9 Å². The van der Waals surface area contributed by atoms with Crippen molar-refractivity contribution in [3.63, 3.8) is 0 Å². The Balaban J connectivity index is 1.63. The average Bonchev–Trinajstić information content (AvgIpc) is 3.18. The molecule has 1 aliphatic rings. The van der Waals surface area contributed by atoms with E-state index in [4.69, 9.17) is 4.74 Å². The molecule has 7 heteroatoms. The van der Waals surface area contributed by atoms with Crippen LogP contribution >= 0.6 is 0 Å². The number of nitrogens with zero attached hydrogens (tertiary/aromatic N) is 2. The Morgan fingerprint density at radius 1 is 1.50 bits per heavy atom. The lowest BCUT2D eigenvalue weighted by Gasteiger charge is -2.15. The second kappa shape index (κ2) is 6.57. The minimum Gasteiger partial charge on any atom is -0.487 e. The zero-order valence-electron chi connectivity index (χ0n) is 12.4. The van der Waals surface area contributed by atoms with Crippen LogP contribution in [0.4, 0.5) is 0 Å². The zero-order valence-corrected chi connectivity index (χ0v) is 12.4. The molecule has 2 aromatic rings. The van der Waals surface area contributed by atoms with Gasteiger partial charge in [-0.25, -0.2) is 4.98 Å². The number of nitrogens with one attached hydrogen (secondary N) is 3. The number of hydrogen-bond donors (Lipinski definition) is 3. The fourth-order valence-electron chi connectivity index (χ4n) is 2.38. The van der Waals surface area contributed by atoms with Crippen LogP contribution < -0.4 is 15.4 Å². The summed E-state index contributed by atoms with van der Waals surface area (Å²) in [5.74, 6) is 1.25. The Bertz CT molecular complexity index is 649. The molecule has 1 amide bonds. The van der Waals surface area contributed by atoms with E-state index in [1.54, 1.807) is 19.3 Å². The Kier molecular flexibility index (Phi) is 4.34. The average molecular weight is 301 g/mol. The minimum absolute atomic E-state index is 0.161. The predicted octanol–water partition coefficient (Wildman–Crippen LogP) is 0.784. The SMILES string of the molecule is Cc1ncc(C(=O)NCc2ccncc2O[C@H]2CCNC2)[nH]1. The first-order chi connectivity index (χ1) is 10.7. The van der Waals surface area contributed by atoms with Crippen molar-refractivity contribution in [2.75, 3.05) is 13.1 Å². The van der Waals surface area contributed by atoms with Crippen LogP contribution in [0.1, 0.15) is 28.3 Å². The van der Waals surface area contributed by atoms with Crippen LogP contribution in [-0.2, 0) is 6.54 Å². The molecular weight excluding hydrogens is 282 g/mol. The van der Waals surface area contributed by atoms with E-state index < -0.39 is 0 Å². The highest BCUT2D eigenvalue weighted by atomic mass is 16.5. The van der Waals surface area contributed by atoms with Crippen molar-refractivity contribution in [1.82, 2.24) is 25.6 Å². The number of aromatic nitrogens is 3. The fraction of sp³-hybridized carbons (Fsp3) is 0.400. The molecule has 0 unspecified atom stereocenters. The highest BCUT2D eigenvalue weighted by Gasteiger charge is 2.18. The Hall–Kier alpha value is -2.41. The summed E-state index contributed by atoms with van der Waals surface area (Å²) in [7, 11) is 0. The smallest absolute Gasteiger partial charge is 0.269 e. The second-order valence-electron chi connectivity index (χ2n) is 5.28. The molecule has 0 bridgehead atoms. The number of aryl methyl sites for hydroxylation is 1. The first-order valence-electron chi connectivity index (χ1n) is 7.32. The van der Waals surface area contributed by atoms with Gasteiger partial charge in [0.25, 0.3) is 5.91 Å². The lowest BCUT2D eigenvalue weighted by atomic mass is 10.2. The van der Waals surface area contributed by atoms with E-state index >= 15 is 0 Å². The van der Waals surface area contributed by atoms with Gasteiger partial charge in [0, 0.05) is 24.8 Å². The third-order valence-corrected chi connectivity index (χ3v) is 3.57. The largest absolute Gasteiger partial charge is 0.487 e. The number of aromatic amines is 1.